The topological polar surface area (TPSA) is 38.7 Å². The van der Waals surface area contributed by atoms with Crippen LogP contribution in [0.15, 0.2) is 42.5 Å². The van der Waals surface area contributed by atoms with Crippen molar-refractivity contribution in [1.82, 2.24) is 0 Å². The van der Waals surface area contributed by atoms with Crippen molar-refractivity contribution in [3.05, 3.63) is 48.0 Å². The van der Waals surface area contributed by atoms with Crippen LogP contribution in [0, 0.1) is 0 Å². The Balaban J connectivity index is 2.38. The zero-order valence-electron chi connectivity index (χ0n) is 11.2. The Hall–Kier alpha value is -2.00. The average Bonchev–Trinajstić information content (AvgIpc) is 2.47. The summed E-state index contributed by atoms with van der Waals surface area (Å²) in [6, 6.07) is 14.0. The van der Waals surface area contributed by atoms with Crippen molar-refractivity contribution in [2.75, 3.05) is 20.8 Å². The van der Waals surface area contributed by atoms with Gasteiger partial charge < -0.3 is 14.6 Å². The summed E-state index contributed by atoms with van der Waals surface area (Å²) in [6.45, 7) is 0.162. The average molecular weight is 258 g/mol. The maximum absolute atomic E-state index is 9.00. The Morgan fingerprint density at radius 2 is 1.63 bits per heavy atom. The van der Waals surface area contributed by atoms with Crippen molar-refractivity contribution in [3.8, 4) is 22.6 Å². The molecule has 100 valence electrons. The summed E-state index contributed by atoms with van der Waals surface area (Å²) in [7, 11) is 3.25. The molecule has 1 N–H and O–H groups in total. The number of aliphatic hydroxyl groups excluding tert-OH is 1. The molecule has 0 unspecified atom stereocenters. The number of ether oxygens (including phenoxy) is 2. The van der Waals surface area contributed by atoms with Crippen molar-refractivity contribution < 1.29 is 14.6 Å². The van der Waals surface area contributed by atoms with Crippen LogP contribution in [-0.4, -0.2) is 25.9 Å². The quantitative estimate of drug-likeness (QED) is 0.896. The van der Waals surface area contributed by atoms with Crippen molar-refractivity contribution in [1.29, 1.82) is 0 Å². The first kappa shape index (κ1) is 13.4. The molecule has 0 aliphatic heterocycles. The lowest BCUT2D eigenvalue weighted by molar-refractivity contribution is 0.299. The molecule has 2 aromatic rings. The molecule has 0 atom stereocenters. The largest absolute Gasteiger partial charge is 0.493 e. The summed E-state index contributed by atoms with van der Waals surface area (Å²) in [6.07, 6.45) is 0.668. The molecule has 0 spiro atoms. The standard InChI is InChI=1S/C16H18O3/c1-18-15-7-6-14(11-16(15)19-2)13-5-3-4-12(10-13)8-9-17/h3-7,10-11,17H,8-9H2,1-2H3. The van der Waals surface area contributed by atoms with E-state index in [9.17, 15) is 0 Å². The molecular weight excluding hydrogens is 240 g/mol. The second-order valence-corrected chi connectivity index (χ2v) is 4.24. The third-order valence-electron chi connectivity index (χ3n) is 3.04. The SMILES string of the molecule is COc1ccc(-c2cccc(CCO)c2)cc1OC. The maximum Gasteiger partial charge on any atom is 0.161 e. The van der Waals surface area contributed by atoms with Gasteiger partial charge in [0.1, 0.15) is 0 Å². The minimum absolute atomic E-state index is 0.162. The van der Waals surface area contributed by atoms with E-state index in [0.29, 0.717) is 12.2 Å². The lowest BCUT2D eigenvalue weighted by Crippen LogP contribution is -1.92. The van der Waals surface area contributed by atoms with Crippen molar-refractivity contribution >= 4 is 0 Å². The summed E-state index contributed by atoms with van der Waals surface area (Å²) in [5, 5.41) is 9.00. The Bertz CT molecular complexity index is 549. The van der Waals surface area contributed by atoms with Gasteiger partial charge >= 0.3 is 0 Å². The van der Waals surface area contributed by atoms with Crippen molar-refractivity contribution in [2.24, 2.45) is 0 Å². The lowest BCUT2D eigenvalue weighted by atomic mass is 10.0. The van der Waals surface area contributed by atoms with E-state index in [1.54, 1.807) is 14.2 Å². The van der Waals surface area contributed by atoms with Crippen molar-refractivity contribution in [3.63, 3.8) is 0 Å². The van der Waals surface area contributed by atoms with E-state index in [2.05, 4.69) is 6.07 Å². The van der Waals surface area contributed by atoms with Crippen LogP contribution in [0.2, 0.25) is 0 Å². The molecule has 0 heterocycles. The predicted octanol–water partition coefficient (Wildman–Crippen LogP) is 2.91. The molecule has 2 rings (SSSR count). The molecule has 19 heavy (non-hydrogen) atoms. The van der Waals surface area contributed by atoms with E-state index in [-0.39, 0.29) is 6.61 Å². The molecule has 0 radical (unpaired) electrons. The monoisotopic (exact) mass is 258 g/mol. The van der Waals surface area contributed by atoms with Gasteiger partial charge in [-0.15, -0.1) is 0 Å². The first-order valence-electron chi connectivity index (χ1n) is 6.20. The third-order valence-corrected chi connectivity index (χ3v) is 3.04. The van der Waals surface area contributed by atoms with Crippen LogP contribution >= 0.6 is 0 Å². The number of hydrogen-bond acceptors (Lipinski definition) is 3. The number of benzene rings is 2. The van der Waals surface area contributed by atoms with E-state index in [1.165, 1.54) is 0 Å². The van der Waals surface area contributed by atoms with Crippen LogP contribution in [0.4, 0.5) is 0 Å². The highest BCUT2D eigenvalue weighted by molar-refractivity contribution is 5.67. The number of methoxy groups -OCH3 is 2. The van der Waals surface area contributed by atoms with Gasteiger partial charge in [0.2, 0.25) is 0 Å². The third kappa shape index (κ3) is 3.06. The molecular formula is C16H18O3. The highest BCUT2D eigenvalue weighted by Gasteiger charge is 2.06. The fraction of sp³-hybridized carbons (Fsp3) is 0.250. The zero-order chi connectivity index (χ0) is 13.7. The van der Waals surface area contributed by atoms with Crippen LogP contribution in [0.5, 0.6) is 11.5 Å². The summed E-state index contributed by atoms with van der Waals surface area (Å²) in [5.74, 6) is 1.44. The first-order chi connectivity index (χ1) is 9.28. The molecule has 0 saturated carbocycles. The second kappa shape index (κ2) is 6.25. The summed E-state index contributed by atoms with van der Waals surface area (Å²) in [5.41, 5.74) is 3.29. The highest BCUT2D eigenvalue weighted by atomic mass is 16.5. The molecule has 0 amide bonds. The molecule has 3 nitrogen and oxygen atoms in total. The molecule has 0 aliphatic rings. The van der Waals surface area contributed by atoms with Crippen LogP contribution in [0.1, 0.15) is 5.56 Å². The van der Waals surface area contributed by atoms with E-state index in [4.69, 9.17) is 14.6 Å². The van der Waals surface area contributed by atoms with Crippen LogP contribution in [0.3, 0.4) is 0 Å². The van der Waals surface area contributed by atoms with Crippen LogP contribution in [0.25, 0.3) is 11.1 Å². The molecule has 0 saturated heterocycles. The second-order valence-electron chi connectivity index (χ2n) is 4.24. The minimum atomic E-state index is 0.162. The minimum Gasteiger partial charge on any atom is -0.493 e. The first-order valence-corrected chi connectivity index (χ1v) is 6.20. The Labute approximate surface area is 113 Å². The predicted molar refractivity (Wildman–Crippen MR) is 75.8 cm³/mol. The number of hydrogen-bond donors (Lipinski definition) is 1. The van der Waals surface area contributed by atoms with Crippen LogP contribution in [-0.2, 0) is 6.42 Å². The fourth-order valence-corrected chi connectivity index (χ4v) is 2.05. The van der Waals surface area contributed by atoms with Gasteiger partial charge in [0.15, 0.2) is 11.5 Å². The Kier molecular flexibility index (Phi) is 4.42. The molecule has 2 aromatic carbocycles. The highest BCUT2D eigenvalue weighted by Crippen LogP contribution is 2.32. The molecule has 0 bridgehead atoms. The van der Waals surface area contributed by atoms with Gasteiger partial charge in [-0.3, -0.25) is 0 Å². The molecule has 3 heteroatoms. The van der Waals surface area contributed by atoms with Gasteiger partial charge in [-0.05, 0) is 35.2 Å². The number of rotatable bonds is 5. The van der Waals surface area contributed by atoms with Crippen molar-refractivity contribution in [2.45, 2.75) is 6.42 Å². The van der Waals surface area contributed by atoms with Gasteiger partial charge in [0.05, 0.1) is 14.2 Å². The zero-order valence-corrected chi connectivity index (χ0v) is 11.2. The molecule has 0 aliphatic carbocycles. The lowest BCUT2D eigenvalue weighted by Gasteiger charge is -2.10. The van der Waals surface area contributed by atoms with Gasteiger partial charge in [0.25, 0.3) is 0 Å². The summed E-state index contributed by atoms with van der Waals surface area (Å²) in [4.78, 5) is 0. The Morgan fingerprint density at radius 1 is 0.895 bits per heavy atom. The normalized spacial score (nSPS) is 10.3. The van der Waals surface area contributed by atoms with Gasteiger partial charge in [0, 0.05) is 6.61 Å². The summed E-state index contributed by atoms with van der Waals surface area (Å²) < 4.78 is 10.5. The smallest absolute Gasteiger partial charge is 0.161 e. The van der Waals surface area contributed by atoms with Gasteiger partial charge in [-0.2, -0.15) is 0 Å². The van der Waals surface area contributed by atoms with Crippen LogP contribution < -0.4 is 9.47 Å². The van der Waals surface area contributed by atoms with Gasteiger partial charge in [-0.25, -0.2) is 0 Å². The number of aliphatic hydroxyl groups is 1. The van der Waals surface area contributed by atoms with E-state index in [1.807, 2.05) is 36.4 Å². The van der Waals surface area contributed by atoms with E-state index < -0.39 is 0 Å². The fourth-order valence-electron chi connectivity index (χ4n) is 2.05. The maximum atomic E-state index is 9.00. The molecule has 0 aromatic heterocycles. The van der Waals surface area contributed by atoms with Gasteiger partial charge in [-0.1, -0.05) is 30.3 Å². The Morgan fingerprint density at radius 3 is 2.32 bits per heavy atom. The molecule has 0 fully saturated rings. The van der Waals surface area contributed by atoms with E-state index in [0.717, 1.165) is 22.4 Å². The van der Waals surface area contributed by atoms with E-state index >= 15 is 0 Å². The summed E-state index contributed by atoms with van der Waals surface area (Å²) >= 11 is 0.